The summed E-state index contributed by atoms with van der Waals surface area (Å²) in [6.45, 7) is 4.78. The van der Waals surface area contributed by atoms with Crippen molar-refractivity contribution in [2.45, 2.75) is 32.4 Å². The second kappa shape index (κ2) is 6.91. The zero-order chi connectivity index (χ0) is 15.2. The molecule has 5 nitrogen and oxygen atoms in total. The summed E-state index contributed by atoms with van der Waals surface area (Å²) in [5, 5.41) is 18.8. The number of nitrogens with zero attached hydrogens (tertiary/aromatic N) is 3. The Bertz CT molecular complexity index is 611. The largest absolute Gasteiger partial charge is 0.491 e. The van der Waals surface area contributed by atoms with Gasteiger partial charge in [-0.05, 0) is 24.3 Å². The minimum Gasteiger partial charge on any atom is -0.491 e. The number of hydrogen-bond donors (Lipinski definition) is 1. The predicted octanol–water partition coefficient (Wildman–Crippen LogP) is 2.32. The second-order valence-electron chi connectivity index (χ2n) is 5.19. The summed E-state index contributed by atoms with van der Waals surface area (Å²) < 4.78 is 7.47. The van der Waals surface area contributed by atoms with Crippen LogP contribution in [0.25, 0.3) is 0 Å². The third-order valence-corrected chi connectivity index (χ3v) is 3.10. The highest BCUT2D eigenvalue weighted by molar-refractivity contribution is 5.34. The number of imidazole rings is 1. The van der Waals surface area contributed by atoms with Crippen LogP contribution in [0.3, 0.4) is 0 Å². The molecule has 0 aliphatic heterocycles. The van der Waals surface area contributed by atoms with Gasteiger partial charge in [-0.1, -0.05) is 13.8 Å². The maximum absolute atomic E-state index is 10.1. The molecule has 1 unspecified atom stereocenters. The highest BCUT2D eigenvalue weighted by atomic mass is 16.5. The lowest BCUT2D eigenvalue weighted by Crippen LogP contribution is -2.24. The van der Waals surface area contributed by atoms with Crippen LogP contribution in [-0.4, -0.2) is 27.4 Å². The molecule has 0 bridgehead atoms. The van der Waals surface area contributed by atoms with E-state index in [1.165, 1.54) is 0 Å². The van der Waals surface area contributed by atoms with E-state index in [0.717, 1.165) is 5.82 Å². The first-order valence-electron chi connectivity index (χ1n) is 6.92. The molecular formula is C16H19N3O2. The van der Waals surface area contributed by atoms with E-state index in [1.807, 2.05) is 10.8 Å². The average molecular weight is 285 g/mol. The van der Waals surface area contributed by atoms with E-state index < -0.39 is 6.10 Å². The molecule has 2 aromatic rings. The molecule has 5 heteroatoms. The van der Waals surface area contributed by atoms with Crippen molar-refractivity contribution in [3.63, 3.8) is 0 Å². The number of hydrogen-bond acceptors (Lipinski definition) is 4. The number of nitriles is 1. The lowest BCUT2D eigenvalue weighted by molar-refractivity contribution is 0.0915. The van der Waals surface area contributed by atoms with E-state index in [0.29, 0.717) is 23.8 Å². The van der Waals surface area contributed by atoms with Crippen molar-refractivity contribution in [2.24, 2.45) is 0 Å². The molecule has 0 aliphatic carbocycles. The molecule has 1 aromatic heterocycles. The molecule has 0 fully saturated rings. The van der Waals surface area contributed by atoms with Gasteiger partial charge in [-0.15, -0.1) is 0 Å². The van der Waals surface area contributed by atoms with Crippen LogP contribution in [0, 0.1) is 11.3 Å². The normalized spacial score (nSPS) is 12.1. The van der Waals surface area contributed by atoms with Gasteiger partial charge in [0.15, 0.2) is 0 Å². The van der Waals surface area contributed by atoms with Gasteiger partial charge in [0.05, 0.1) is 18.2 Å². The Hall–Kier alpha value is -2.32. The van der Waals surface area contributed by atoms with E-state index in [9.17, 15) is 5.11 Å². The van der Waals surface area contributed by atoms with Crippen molar-refractivity contribution < 1.29 is 9.84 Å². The van der Waals surface area contributed by atoms with E-state index in [4.69, 9.17) is 10.00 Å². The number of ether oxygens (including phenoxy) is 1. The Kier molecular flexibility index (Phi) is 4.96. The van der Waals surface area contributed by atoms with Gasteiger partial charge in [0, 0.05) is 18.3 Å². The topological polar surface area (TPSA) is 71.1 Å². The Morgan fingerprint density at radius 2 is 2.05 bits per heavy atom. The third-order valence-electron chi connectivity index (χ3n) is 3.10. The smallest absolute Gasteiger partial charge is 0.119 e. The molecule has 1 N–H and O–H groups in total. The summed E-state index contributed by atoms with van der Waals surface area (Å²) in [5.41, 5.74) is 0.586. The van der Waals surface area contributed by atoms with E-state index in [2.05, 4.69) is 24.9 Å². The molecular weight excluding hydrogens is 266 g/mol. The average Bonchev–Trinajstić information content (AvgIpc) is 2.94. The molecule has 0 amide bonds. The van der Waals surface area contributed by atoms with Crippen molar-refractivity contribution >= 4 is 0 Å². The summed E-state index contributed by atoms with van der Waals surface area (Å²) in [7, 11) is 0. The quantitative estimate of drug-likeness (QED) is 0.884. The molecule has 110 valence electrons. The molecule has 0 saturated carbocycles. The van der Waals surface area contributed by atoms with E-state index in [1.54, 1.807) is 30.5 Å². The number of aromatic nitrogens is 2. The molecule has 21 heavy (non-hydrogen) atoms. The fraction of sp³-hybridized carbons (Fsp3) is 0.375. The van der Waals surface area contributed by atoms with Crippen molar-refractivity contribution in [3.05, 3.63) is 48.0 Å². The van der Waals surface area contributed by atoms with Gasteiger partial charge in [0.2, 0.25) is 0 Å². The van der Waals surface area contributed by atoms with E-state index >= 15 is 0 Å². The van der Waals surface area contributed by atoms with Gasteiger partial charge in [-0.25, -0.2) is 4.98 Å². The first-order chi connectivity index (χ1) is 10.1. The summed E-state index contributed by atoms with van der Waals surface area (Å²) in [4.78, 5) is 4.29. The second-order valence-corrected chi connectivity index (χ2v) is 5.19. The Labute approximate surface area is 124 Å². The van der Waals surface area contributed by atoms with Crippen molar-refractivity contribution in [1.82, 2.24) is 9.55 Å². The standard InChI is InChI=1S/C16H19N3O2/c1-12(2)16-18-7-8-19(16)10-14(20)11-21-15-5-3-13(9-17)4-6-15/h3-8,12,14,20H,10-11H2,1-2H3. The first-order valence-corrected chi connectivity index (χ1v) is 6.92. The summed E-state index contributed by atoms with van der Waals surface area (Å²) in [6, 6.07) is 8.88. The van der Waals surface area contributed by atoms with Crippen LogP contribution in [-0.2, 0) is 6.54 Å². The van der Waals surface area contributed by atoms with Crippen LogP contribution in [0.4, 0.5) is 0 Å². The fourth-order valence-electron chi connectivity index (χ4n) is 2.07. The molecule has 0 spiro atoms. The minimum atomic E-state index is -0.618. The molecule has 0 aliphatic rings. The predicted molar refractivity (Wildman–Crippen MR) is 79.0 cm³/mol. The van der Waals surface area contributed by atoms with Crippen molar-refractivity contribution in [2.75, 3.05) is 6.61 Å². The van der Waals surface area contributed by atoms with Gasteiger partial charge in [0.25, 0.3) is 0 Å². The maximum atomic E-state index is 10.1. The van der Waals surface area contributed by atoms with Gasteiger partial charge in [0.1, 0.15) is 24.3 Å². The molecule has 1 atom stereocenters. The summed E-state index contributed by atoms with van der Waals surface area (Å²) in [6.07, 6.45) is 2.98. The van der Waals surface area contributed by atoms with Crippen molar-refractivity contribution in [1.29, 1.82) is 5.26 Å². The van der Waals surface area contributed by atoms with Gasteiger partial charge in [-0.3, -0.25) is 0 Å². The summed E-state index contributed by atoms with van der Waals surface area (Å²) in [5.74, 6) is 1.90. The fourth-order valence-corrected chi connectivity index (χ4v) is 2.07. The Morgan fingerprint density at radius 3 is 2.67 bits per heavy atom. The van der Waals surface area contributed by atoms with E-state index in [-0.39, 0.29) is 6.61 Å². The van der Waals surface area contributed by atoms with Gasteiger partial charge in [-0.2, -0.15) is 5.26 Å². The van der Waals surface area contributed by atoms with Crippen LogP contribution in [0.5, 0.6) is 5.75 Å². The molecule has 0 radical (unpaired) electrons. The third kappa shape index (κ3) is 4.07. The lowest BCUT2D eigenvalue weighted by atomic mass is 10.2. The molecule has 0 saturated heterocycles. The number of benzene rings is 1. The number of rotatable bonds is 6. The molecule has 1 aromatic carbocycles. The van der Waals surface area contributed by atoms with Gasteiger partial charge < -0.3 is 14.4 Å². The van der Waals surface area contributed by atoms with Crippen LogP contribution in [0.1, 0.15) is 31.2 Å². The minimum absolute atomic E-state index is 0.196. The van der Waals surface area contributed by atoms with Crippen LogP contribution in [0.2, 0.25) is 0 Å². The van der Waals surface area contributed by atoms with Gasteiger partial charge >= 0.3 is 0 Å². The monoisotopic (exact) mass is 285 g/mol. The van der Waals surface area contributed by atoms with Crippen molar-refractivity contribution in [3.8, 4) is 11.8 Å². The zero-order valence-corrected chi connectivity index (χ0v) is 12.2. The number of aliphatic hydroxyl groups excluding tert-OH is 1. The zero-order valence-electron chi connectivity index (χ0n) is 12.2. The maximum Gasteiger partial charge on any atom is 0.119 e. The summed E-state index contributed by atoms with van der Waals surface area (Å²) >= 11 is 0. The highest BCUT2D eigenvalue weighted by Crippen LogP contribution is 2.14. The molecule has 2 rings (SSSR count). The Balaban J connectivity index is 1.88. The first kappa shape index (κ1) is 15.1. The van der Waals surface area contributed by atoms with Crippen LogP contribution >= 0.6 is 0 Å². The van der Waals surface area contributed by atoms with Crippen LogP contribution in [0.15, 0.2) is 36.7 Å². The SMILES string of the molecule is CC(C)c1nccn1CC(O)COc1ccc(C#N)cc1. The highest BCUT2D eigenvalue weighted by Gasteiger charge is 2.12. The molecule has 1 heterocycles. The Morgan fingerprint density at radius 1 is 1.33 bits per heavy atom. The lowest BCUT2D eigenvalue weighted by Gasteiger charge is -2.16. The van der Waals surface area contributed by atoms with Crippen LogP contribution < -0.4 is 4.74 Å². The number of aliphatic hydroxyl groups is 1.